The van der Waals surface area contributed by atoms with Crippen molar-refractivity contribution >= 4 is 21.1 Å². The zero-order valence-corrected chi connectivity index (χ0v) is 18.7. The number of methoxy groups -OCH3 is 2. The Bertz CT molecular complexity index is 1510. The molecular formula is C24H19FO7S. The number of rotatable bonds is 6. The van der Waals surface area contributed by atoms with Gasteiger partial charge in [0.15, 0.2) is 11.5 Å². The number of ether oxygens (including phenoxy) is 2. The van der Waals surface area contributed by atoms with Crippen LogP contribution < -0.4 is 19.3 Å². The van der Waals surface area contributed by atoms with E-state index in [-0.39, 0.29) is 16.2 Å². The minimum atomic E-state index is -4.19. The van der Waals surface area contributed by atoms with Gasteiger partial charge >= 0.3 is 15.7 Å². The van der Waals surface area contributed by atoms with E-state index >= 15 is 0 Å². The van der Waals surface area contributed by atoms with Crippen molar-refractivity contribution in [1.82, 2.24) is 0 Å². The fourth-order valence-corrected chi connectivity index (χ4v) is 4.41. The third-order valence-electron chi connectivity index (χ3n) is 5.12. The molecule has 4 rings (SSSR count). The fourth-order valence-electron chi connectivity index (χ4n) is 3.48. The van der Waals surface area contributed by atoms with E-state index in [2.05, 4.69) is 0 Å². The molecule has 0 atom stereocenters. The minimum Gasteiger partial charge on any atom is -0.493 e. The van der Waals surface area contributed by atoms with Gasteiger partial charge in [-0.1, -0.05) is 6.07 Å². The summed E-state index contributed by atoms with van der Waals surface area (Å²) in [6.07, 6.45) is 0. The first-order valence-corrected chi connectivity index (χ1v) is 11.1. The Kier molecular flexibility index (Phi) is 5.82. The highest BCUT2D eigenvalue weighted by atomic mass is 32.2. The molecule has 0 aliphatic carbocycles. The highest BCUT2D eigenvalue weighted by Gasteiger charge is 2.19. The summed E-state index contributed by atoms with van der Waals surface area (Å²) in [6, 6.07) is 13.6. The quantitative estimate of drug-likeness (QED) is 0.298. The van der Waals surface area contributed by atoms with Crippen LogP contribution in [0.15, 0.2) is 74.8 Å². The molecule has 0 aliphatic heterocycles. The lowest BCUT2D eigenvalue weighted by atomic mass is 9.99. The van der Waals surface area contributed by atoms with E-state index in [0.717, 1.165) is 24.3 Å². The van der Waals surface area contributed by atoms with Crippen LogP contribution in [0, 0.1) is 12.7 Å². The predicted molar refractivity (Wildman–Crippen MR) is 120 cm³/mol. The molecule has 33 heavy (non-hydrogen) atoms. The highest BCUT2D eigenvalue weighted by molar-refractivity contribution is 7.87. The van der Waals surface area contributed by atoms with Crippen LogP contribution in [-0.4, -0.2) is 22.6 Å². The summed E-state index contributed by atoms with van der Waals surface area (Å²) in [5.41, 5.74) is 1.12. The van der Waals surface area contributed by atoms with Crippen LogP contribution in [0.3, 0.4) is 0 Å². The van der Waals surface area contributed by atoms with Crippen molar-refractivity contribution in [3.8, 4) is 28.4 Å². The summed E-state index contributed by atoms with van der Waals surface area (Å²) in [6.45, 7) is 1.73. The van der Waals surface area contributed by atoms with Crippen LogP contribution in [0.2, 0.25) is 0 Å². The van der Waals surface area contributed by atoms with Crippen LogP contribution in [0.4, 0.5) is 4.39 Å². The molecule has 0 saturated heterocycles. The van der Waals surface area contributed by atoms with Crippen LogP contribution in [0.25, 0.3) is 22.1 Å². The number of halogens is 1. The summed E-state index contributed by atoms with van der Waals surface area (Å²) >= 11 is 0. The second kappa shape index (κ2) is 8.59. The van der Waals surface area contributed by atoms with E-state index in [4.69, 9.17) is 18.1 Å². The summed E-state index contributed by atoms with van der Waals surface area (Å²) in [7, 11) is -1.19. The molecule has 0 bridgehead atoms. The average molecular weight is 470 g/mol. The van der Waals surface area contributed by atoms with Gasteiger partial charge in [-0.15, -0.1) is 0 Å². The first kappa shape index (κ1) is 22.3. The molecule has 3 aromatic carbocycles. The first-order valence-electron chi connectivity index (χ1n) is 9.73. The molecular weight excluding hydrogens is 451 g/mol. The zero-order chi connectivity index (χ0) is 23.8. The molecule has 0 N–H and O–H groups in total. The van der Waals surface area contributed by atoms with Crippen molar-refractivity contribution in [2.24, 2.45) is 0 Å². The summed E-state index contributed by atoms with van der Waals surface area (Å²) in [5, 5.41) is 0.492. The number of fused-ring (bicyclic) bond motifs is 1. The molecule has 0 unspecified atom stereocenters. The summed E-state index contributed by atoms with van der Waals surface area (Å²) in [5.74, 6) is 0.400. The summed E-state index contributed by atoms with van der Waals surface area (Å²) in [4.78, 5) is 12.5. The van der Waals surface area contributed by atoms with E-state index in [9.17, 15) is 17.6 Å². The normalized spacial score (nSPS) is 11.4. The Balaban J connectivity index is 1.80. The van der Waals surface area contributed by atoms with Gasteiger partial charge in [0, 0.05) is 5.39 Å². The van der Waals surface area contributed by atoms with E-state index < -0.39 is 21.6 Å². The maximum absolute atomic E-state index is 13.1. The van der Waals surface area contributed by atoms with E-state index in [0.29, 0.717) is 33.6 Å². The molecule has 4 aromatic rings. The maximum Gasteiger partial charge on any atom is 0.344 e. The van der Waals surface area contributed by atoms with Gasteiger partial charge < -0.3 is 18.1 Å². The standard InChI is InChI=1S/C24H19FO7S/c1-14-19-13-17(32-33(27,28)18-8-5-16(25)6-9-18)7-11-20(19)31-24(26)23(14)15-4-10-21(29-2)22(12-15)30-3/h4-13H,1-3H3. The molecule has 0 saturated carbocycles. The van der Waals surface area contributed by atoms with Crippen molar-refractivity contribution in [2.45, 2.75) is 11.8 Å². The highest BCUT2D eigenvalue weighted by Crippen LogP contribution is 2.35. The van der Waals surface area contributed by atoms with Crippen LogP contribution >= 0.6 is 0 Å². The molecule has 0 aliphatic rings. The number of hydrogen-bond donors (Lipinski definition) is 0. The number of hydrogen-bond acceptors (Lipinski definition) is 7. The van der Waals surface area contributed by atoms with Crippen LogP contribution in [0.1, 0.15) is 5.56 Å². The molecule has 9 heteroatoms. The van der Waals surface area contributed by atoms with E-state index in [1.165, 1.54) is 32.4 Å². The topological polar surface area (TPSA) is 92.0 Å². The molecule has 170 valence electrons. The van der Waals surface area contributed by atoms with Crippen LogP contribution in [0.5, 0.6) is 17.2 Å². The lowest BCUT2D eigenvalue weighted by molar-refractivity contribution is 0.355. The first-order chi connectivity index (χ1) is 15.7. The third kappa shape index (κ3) is 4.27. The third-order valence-corrected chi connectivity index (χ3v) is 6.38. The van der Waals surface area contributed by atoms with Crippen molar-refractivity contribution in [2.75, 3.05) is 14.2 Å². The lowest BCUT2D eigenvalue weighted by Gasteiger charge is -2.12. The van der Waals surface area contributed by atoms with Crippen molar-refractivity contribution in [3.63, 3.8) is 0 Å². The molecule has 1 aromatic heterocycles. The van der Waals surface area contributed by atoms with Gasteiger partial charge in [0.25, 0.3) is 0 Å². The van der Waals surface area contributed by atoms with Gasteiger partial charge in [0.05, 0.1) is 19.8 Å². The zero-order valence-electron chi connectivity index (χ0n) is 17.9. The van der Waals surface area contributed by atoms with E-state index in [1.54, 1.807) is 25.1 Å². The Morgan fingerprint density at radius 3 is 2.24 bits per heavy atom. The van der Waals surface area contributed by atoms with Gasteiger partial charge in [0.2, 0.25) is 0 Å². The Labute approximate surface area is 189 Å². The SMILES string of the molecule is COc1ccc(-c2c(C)c3cc(OS(=O)(=O)c4ccc(F)cc4)ccc3oc2=O)cc1OC. The van der Waals surface area contributed by atoms with Gasteiger partial charge in [-0.05, 0) is 72.6 Å². The molecule has 0 spiro atoms. The Morgan fingerprint density at radius 1 is 0.879 bits per heavy atom. The average Bonchev–Trinajstić information content (AvgIpc) is 2.79. The smallest absolute Gasteiger partial charge is 0.344 e. The largest absolute Gasteiger partial charge is 0.493 e. The lowest BCUT2D eigenvalue weighted by Crippen LogP contribution is -2.10. The van der Waals surface area contributed by atoms with Gasteiger partial charge in [0.1, 0.15) is 22.0 Å². The second-order valence-electron chi connectivity index (χ2n) is 7.11. The maximum atomic E-state index is 13.1. The molecule has 7 nitrogen and oxygen atoms in total. The molecule has 0 radical (unpaired) electrons. The monoisotopic (exact) mass is 470 g/mol. The predicted octanol–water partition coefficient (Wildman–Crippen LogP) is 4.69. The van der Waals surface area contributed by atoms with Gasteiger partial charge in [-0.2, -0.15) is 8.42 Å². The second-order valence-corrected chi connectivity index (χ2v) is 8.65. The molecule has 1 heterocycles. The van der Waals surface area contributed by atoms with Crippen molar-refractivity contribution < 1.29 is 30.9 Å². The number of aryl methyl sites for hydroxylation is 1. The molecule has 0 fully saturated rings. The van der Waals surface area contributed by atoms with Gasteiger partial charge in [-0.3, -0.25) is 0 Å². The number of benzene rings is 3. The van der Waals surface area contributed by atoms with Crippen LogP contribution in [-0.2, 0) is 10.1 Å². The molecule has 0 amide bonds. The van der Waals surface area contributed by atoms with Crippen molar-refractivity contribution in [1.29, 1.82) is 0 Å². The Morgan fingerprint density at radius 2 is 1.58 bits per heavy atom. The van der Waals surface area contributed by atoms with Crippen molar-refractivity contribution in [3.05, 3.63) is 82.5 Å². The van der Waals surface area contributed by atoms with Gasteiger partial charge in [-0.25, -0.2) is 9.18 Å². The summed E-state index contributed by atoms with van der Waals surface area (Å²) < 4.78 is 59.5. The van der Waals surface area contributed by atoms with E-state index in [1.807, 2.05) is 0 Å². The Hall–Kier alpha value is -3.85. The minimum absolute atomic E-state index is 0.0158. The fraction of sp³-hybridized carbons (Fsp3) is 0.125.